The molecule has 0 spiro atoms. The second-order valence-electron chi connectivity index (χ2n) is 5.38. The SMILES string of the molecule is CNC(=O)C1CCC(CNc2cc(N)nc(SC)n2)CC1. The summed E-state index contributed by atoms with van der Waals surface area (Å²) in [7, 11) is 1.71. The Balaban J connectivity index is 1.82. The minimum atomic E-state index is 0.176. The maximum Gasteiger partial charge on any atom is 0.222 e. The van der Waals surface area contributed by atoms with E-state index >= 15 is 0 Å². The summed E-state index contributed by atoms with van der Waals surface area (Å²) in [4.78, 5) is 20.1. The summed E-state index contributed by atoms with van der Waals surface area (Å²) in [6.07, 6.45) is 6.00. The fourth-order valence-corrected chi connectivity index (χ4v) is 3.09. The Hall–Kier alpha value is -1.50. The summed E-state index contributed by atoms with van der Waals surface area (Å²) >= 11 is 1.48. The molecular formula is C14H23N5OS. The molecule has 4 N–H and O–H groups in total. The second kappa shape index (κ2) is 7.49. The van der Waals surface area contributed by atoms with Crippen LogP contribution in [0.2, 0.25) is 0 Å². The number of carbonyl (C=O) groups is 1. The van der Waals surface area contributed by atoms with Crippen molar-refractivity contribution in [2.75, 3.05) is 30.9 Å². The molecule has 1 fully saturated rings. The molecule has 1 aromatic heterocycles. The van der Waals surface area contributed by atoms with Crippen molar-refractivity contribution in [2.45, 2.75) is 30.8 Å². The van der Waals surface area contributed by atoms with Crippen LogP contribution in [-0.4, -0.2) is 35.7 Å². The van der Waals surface area contributed by atoms with Gasteiger partial charge in [-0.05, 0) is 37.9 Å². The van der Waals surface area contributed by atoms with E-state index in [-0.39, 0.29) is 11.8 Å². The fraction of sp³-hybridized carbons (Fsp3) is 0.643. The van der Waals surface area contributed by atoms with Gasteiger partial charge in [0.1, 0.15) is 11.6 Å². The lowest BCUT2D eigenvalue weighted by atomic mass is 9.81. The van der Waals surface area contributed by atoms with Gasteiger partial charge in [0, 0.05) is 25.6 Å². The molecular weight excluding hydrogens is 286 g/mol. The highest BCUT2D eigenvalue weighted by Gasteiger charge is 2.25. The minimum Gasteiger partial charge on any atom is -0.383 e. The number of nitrogens with one attached hydrogen (secondary N) is 2. The monoisotopic (exact) mass is 309 g/mol. The van der Waals surface area contributed by atoms with Crippen molar-refractivity contribution in [3.8, 4) is 0 Å². The Kier molecular flexibility index (Phi) is 5.67. The molecule has 1 aromatic rings. The van der Waals surface area contributed by atoms with Crippen LogP contribution in [0.5, 0.6) is 0 Å². The van der Waals surface area contributed by atoms with Gasteiger partial charge in [0.05, 0.1) is 0 Å². The van der Waals surface area contributed by atoms with Gasteiger partial charge in [-0.2, -0.15) is 0 Å². The van der Waals surface area contributed by atoms with Crippen LogP contribution in [0.1, 0.15) is 25.7 Å². The Bertz CT molecular complexity index is 488. The molecule has 6 nitrogen and oxygen atoms in total. The van der Waals surface area contributed by atoms with E-state index in [1.807, 2.05) is 6.26 Å². The van der Waals surface area contributed by atoms with Gasteiger partial charge in [-0.25, -0.2) is 9.97 Å². The zero-order chi connectivity index (χ0) is 15.2. The number of rotatable bonds is 5. The van der Waals surface area contributed by atoms with Crippen LogP contribution in [-0.2, 0) is 4.79 Å². The van der Waals surface area contributed by atoms with Crippen LogP contribution in [0, 0.1) is 11.8 Å². The molecule has 116 valence electrons. The summed E-state index contributed by atoms with van der Waals surface area (Å²) in [6.45, 7) is 0.866. The summed E-state index contributed by atoms with van der Waals surface area (Å²) in [5.74, 6) is 2.21. The molecule has 21 heavy (non-hydrogen) atoms. The number of nitrogens with two attached hydrogens (primary N) is 1. The zero-order valence-electron chi connectivity index (χ0n) is 12.6. The lowest BCUT2D eigenvalue weighted by Crippen LogP contribution is -2.32. The van der Waals surface area contributed by atoms with Crippen LogP contribution in [0.4, 0.5) is 11.6 Å². The average molecular weight is 309 g/mol. The van der Waals surface area contributed by atoms with E-state index in [2.05, 4.69) is 20.6 Å². The average Bonchev–Trinajstić information content (AvgIpc) is 2.52. The van der Waals surface area contributed by atoms with Crippen LogP contribution in [0.3, 0.4) is 0 Å². The van der Waals surface area contributed by atoms with Gasteiger partial charge in [-0.1, -0.05) is 11.8 Å². The normalized spacial score (nSPS) is 21.8. The number of thioether (sulfide) groups is 1. The topological polar surface area (TPSA) is 92.9 Å². The molecule has 0 atom stereocenters. The molecule has 0 bridgehead atoms. The van der Waals surface area contributed by atoms with Crippen LogP contribution >= 0.6 is 11.8 Å². The maximum atomic E-state index is 11.6. The number of aromatic nitrogens is 2. The Labute approximate surface area is 129 Å². The highest BCUT2D eigenvalue weighted by molar-refractivity contribution is 7.98. The first-order valence-corrected chi connectivity index (χ1v) is 8.49. The molecule has 0 radical (unpaired) electrons. The Morgan fingerprint density at radius 3 is 2.71 bits per heavy atom. The van der Waals surface area contributed by atoms with Gasteiger partial charge >= 0.3 is 0 Å². The van der Waals surface area contributed by atoms with Gasteiger partial charge in [0.15, 0.2) is 5.16 Å². The Morgan fingerprint density at radius 1 is 1.38 bits per heavy atom. The number of nitrogens with zero attached hydrogens (tertiary/aromatic N) is 2. The van der Waals surface area contributed by atoms with Crippen molar-refractivity contribution in [2.24, 2.45) is 11.8 Å². The van der Waals surface area contributed by atoms with Crippen molar-refractivity contribution in [3.63, 3.8) is 0 Å². The van der Waals surface area contributed by atoms with E-state index in [9.17, 15) is 4.79 Å². The van der Waals surface area contributed by atoms with Crippen LogP contribution in [0.25, 0.3) is 0 Å². The lowest BCUT2D eigenvalue weighted by molar-refractivity contribution is -0.125. The third-order valence-corrected chi connectivity index (χ3v) is 4.49. The third-order valence-electron chi connectivity index (χ3n) is 3.94. The van der Waals surface area contributed by atoms with Gasteiger partial charge in [0.2, 0.25) is 5.91 Å². The van der Waals surface area contributed by atoms with E-state index in [0.717, 1.165) is 38.0 Å². The van der Waals surface area contributed by atoms with Crippen molar-refractivity contribution in [1.29, 1.82) is 0 Å². The minimum absolute atomic E-state index is 0.176. The molecule has 1 aliphatic rings. The van der Waals surface area contributed by atoms with Crippen molar-refractivity contribution in [1.82, 2.24) is 15.3 Å². The highest BCUT2D eigenvalue weighted by atomic mass is 32.2. The van der Waals surface area contributed by atoms with E-state index in [4.69, 9.17) is 5.73 Å². The zero-order valence-corrected chi connectivity index (χ0v) is 13.4. The van der Waals surface area contributed by atoms with Crippen molar-refractivity contribution < 1.29 is 4.79 Å². The summed E-state index contributed by atoms with van der Waals surface area (Å²) < 4.78 is 0. The number of carbonyl (C=O) groups excluding carboxylic acids is 1. The predicted molar refractivity (Wildman–Crippen MR) is 86.2 cm³/mol. The second-order valence-corrected chi connectivity index (χ2v) is 6.15. The molecule has 1 amide bonds. The van der Waals surface area contributed by atoms with E-state index in [1.165, 1.54) is 11.8 Å². The smallest absolute Gasteiger partial charge is 0.222 e. The summed E-state index contributed by atoms with van der Waals surface area (Å²) in [5.41, 5.74) is 5.76. The molecule has 2 rings (SSSR count). The largest absolute Gasteiger partial charge is 0.383 e. The first-order valence-electron chi connectivity index (χ1n) is 7.26. The lowest BCUT2D eigenvalue weighted by Gasteiger charge is -2.27. The van der Waals surface area contributed by atoms with Gasteiger partial charge in [-0.15, -0.1) is 0 Å². The third kappa shape index (κ3) is 4.49. The summed E-state index contributed by atoms with van der Waals surface area (Å²) in [5, 5.41) is 6.76. The fourth-order valence-electron chi connectivity index (χ4n) is 2.71. The number of nitrogen functional groups attached to an aromatic ring is 1. The first-order chi connectivity index (χ1) is 10.1. The van der Waals surface area contributed by atoms with Gasteiger partial charge in [0.25, 0.3) is 0 Å². The molecule has 0 aliphatic heterocycles. The summed E-state index contributed by atoms with van der Waals surface area (Å²) in [6, 6.07) is 1.76. The van der Waals surface area contributed by atoms with E-state index in [0.29, 0.717) is 16.9 Å². The van der Waals surface area contributed by atoms with E-state index < -0.39 is 0 Å². The van der Waals surface area contributed by atoms with Gasteiger partial charge in [-0.3, -0.25) is 4.79 Å². The maximum absolute atomic E-state index is 11.6. The molecule has 0 unspecified atom stereocenters. The molecule has 1 aliphatic carbocycles. The Morgan fingerprint density at radius 2 is 2.10 bits per heavy atom. The number of anilines is 2. The molecule has 0 aromatic carbocycles. The number of hydrogen-bond acceptors (Lipinski definition) is 6. The predicted octanol–water partition coefficient (Wildman–Crippen LogP) is 1.74. The van der Waals surface area contributed by atoms with Crippen LogP contribution in [0.15, 0.2) is 11.2 Å². The number of amides is 1. The van der Waals surface area contributed by atoms with E-state index in [1.54, 1.807) is 13.1 Å². The molecule has 1 saturated carbocycles. The molecule has 7 heteroatoms. The highest BCUT2D eigenvalue weighted by Crippen LogP contribution is 2.29. The number of hydrogen-bond donors (Lipinski definition) is 3. The molecule has 0 saturated heterocycles. The quantitative estimate of drug-likeness (QED) is 0.567. The van der Waals surface area contributed by atoms with Crippen molar-refractivity contribution in [3.05, 3.63) is 6.07 Å². The van der Waals surface area contributed by atoms with Gasteiger partial charge < -0.3 is 16.4 Å². The van der Waals surface area contributed by atoms with Crippen molar-refractivity contribution >= 4 is 29.3 Å². The standard InChI is InChI=1S/C14H23N5OS/c1-16-13(20)10-5-3-9(4-6-10)8-17-12-7-11(15)18-14(19-12)21-2/h7,9-10H,3-6,8H2,1-2H3,(H,16,20)(H3,15,17,18,19). The van der Waals surface area contributed by atoms with Crippen LogP contribution < -0.4 is 16.4 Å². The first kappa shape index (κ1) is 15.9. The molecule has 1 heterocycles.